The molecule has 1 aliphatic heterocycles. The molecule has 0 spiro atoms. The van der Waals surface area contributed by atoms with Crippen LogP contribution < -0.4 is 19.9 Å². The predicted octanol–water partition coefficient (Wildman–Crippen LogP) is 5.55. The molecule has 3 aromatic rings. The fourth-order valence-electron chi connectivity index (χ4n) is 3.50. The number of esters is 1. The van der Waals surface area contributed by atoms with Gasteiger partial charge in [-0.15, -0.1) is 0 Å². The zero-order valence-electron chi connectivity index (χ0n) is 16.8. The lowest BCUT2D eigenvalue weighted by molar-refractivity contribution is 0.0734. The van der Waals surface area contributed by atoms with E-state index in [0.717, 1.165) is 10.0 Å². The first-order chi connectivity index (χ1) is 15.4. The topological polar surface area (TPSA) is 94.6 Å². The van der Waals surface area contributed by atoms with Gasteiger partial charge in [0.25, 0.3) is 0 Å². The number of allylic oxidation sites excluding steroid dienone is 1. The van der Waals surface area contributed by atoms with Crippen LogP contribution >= 0.6 is 27.5 Å². The number of methoxy groups -OCH3 is 1. The minimum absolute atomic E-state index is 0.0202. The number of hydrogen-bond donors (Lipinski definition) is 1. The lowest BCUT2D eigenvalue weighted by Crippen LogP contribution is -2.21. The van der Waals surface area contributed by atoms with Crippen LogP contribution in [0.1, 0.15) is 27.4 Å². The van der Waals surface area contributed by atoms with Crippen LogP contribution in [0.25, 0.3) is 0 Å². The number of nitrogens with zero attached hydrogens (tertiary/aromatic N) is 1. The highest BCUT2D eigenvalue weighted by Crippen LogP contribution is 2.46. The third-order valence-electron chi connectivity index (χ3n) is 4.98. The van der Waals surface area contributed by atoms with Crippen LogP contribution in [-0.4, -0.2) is 13.1 Å². The monoisotopic (exact) mass is 510 g/mol. The first kappa shape index (κ1) is 21.8. The molecular formula is C24H16BrClN2O4. The van der Waals surface area contributed by atoms with E-state index in [9.17, 15) is 10.1 Å². The number of nitrogens with two attached hydrogens (primary N) is 1. The summed E-state index contributed by atoms with van der Waals surface area (Å²) in [5.74, 6) is 0.186. The van der Waals surface area contributed by atoms with E-state index in [1.807, 2.05) is 18.2 Å². The summed E-state index contributed by atoms with van der Waals surface area (Å²) in [6, 6.07) is 19.0. The Morgan fingerprint density at radius 3 is 2.56 bits per heavy atom. The van der Waals surface area contributed by atoms with Crippen LogP contribution in [-0.2, 0) is 0 Å². The standard InChI is InChI=1S/C24H16BrClN2O4/c1-30-20-9-4-14(25)10-18(20)22-17-8-7-16(11-21(17)32-23(28)19(22)12-27)31-24(29)13-2-5-15(26)6-3-13/h2-11,22H,28H2,1H3. The molecule has 1 aliphatic rings. The van der Waals surface area contributed by atoms with Crippen molar-refractivity contribution in [2.24, 2.45) is 5.73 Å². The van der Waals surface area contributed by atoms with Gasteiger partial charge < -0.3 is 19.9 Å². The number of fused-ring (bicyclic) bond motifs is 1. The fourth-order valence-corrected chi connectivity index (χ4v) is 4.01. The molecule has 3 aromatic carbocycles. The summed E-state index contributed by atoms with van der Waals surface area (Å²) in [6.07, 6.45) is 0. The maximum Gasteiger partial charge on any atom is 0.343 e. The quantitative estimate of drug-likeness (QED) is 0.365. The lowest BCUT2D eigenvalue weighted by Gasteiger charge is -2.27. The Hall–Kier alpha value is -3.47. The van der Waals surface area contributed by atoms with Crippen molar-refractivity contribution in [1.29, 1.82) is 5.26 Å². The second-order valence-electron chi connectivity index (χ2n) is 6.91. The van der Waals surface area contributed by atoms with Crippen LogP contribution in [0, 0.1) is 11.3 Å². The highest BCUT2D eigenvalue weighted by atomic mass is 79.9. The molecule has 1 atom stereocenters. The Morgan fingerprint density at radius 1 is 1.12 bits per heavy atom. The zero-order valence-corrected chi connectivity index (χ0v) is 19.1. The summed E-state index contributed by atoms with van der Waals surface area (Å²) in [6.45, 7) is 0. The highest BCUT2D eigenvalue weighted by Gasteiger charge is 2.33. The van der Waals surface area contributed by atoms with Gasteiger partial charge in [-0.2, -0.15) is 5.26 Å². The minimum atomic E-state index is -0.538. The Morgan fingerprint density at radius 2 is 1.88 bits per heavy atom. The summed E-state index contributed by atoms with van der Waals surface area (Å²) in [7, 11) is 1.56. The Kier molecular flexibility index (Phi) is 6.08. The third kappa shape index (κ3) is 4.15. The Labute approximate surface area is 197 Å². The number of ether oxygens (including phenoxy) is 3. The molecule has 0 aliphatic carbocycles. The molecule has 8 heteroatoms. The molecule has 0 saturated carbocycles. The molecule has 160 valence electrons. The SMILES string of the molecule is COc1ccc(Br)cc1C1C(C#N)=C(N)Oc2cc(OC(=O)c3ccc(Cl)cc3)ccc21. The molecular weight excluding hydrogens is 496 g/mol. The molecule has 0 saturated heterocycles. The molecule has 0 aromatic heterocycles. The van der Waals surface area contributed by atoms with Crippen molar-refractivity contribution in [3.05, 3.63) is 98.3 Å². The summed E-state index contributed by atoms with van der Waals surface area (Å²) >= 11 is 9.34. The Balaban J connectivity index is 1.73. The Bertz CT molecular complexity index is 1280. The molecule has 1 unspecified atom stereocenters. The maximum atomic E-state index is 12.5. The molecule has 2 N–H and O–H groups in total. The minimum Gasteiger partial charge on any atom is -0.496 e. The third-order valence-corrected chi connectivity index (χ3v) is 5.73. The van der Waals surface area contributed by atoms with Crippen LogP contribution in [0.15, 0.2) is 76.6 Å². The number of rotatable bonds is 4. The van der Waals surface area contributed by atoms with Gasteiger partial charge in [-0.05, 0) is 48.5 Å². The van der Waals surface area contributed by atoms with Gasteiger partial charge >= 0.3 is 5.97 Å². The van der Waals surface area contributed by atoms with Gasteiger partial charge in [0.05, 0.1) is 18.6 Å². The predicted molar refractivity (Wildman–Crippen MR) is 123 cm³/mol. The van der Waals surface area contributed by atoms with Crippen LogP contribution in [0.2, 0.25) is 5.02 Å². The lowest BCUT2D eigenvalue weighted by atomic mass is 9.83. The fraction of sp³-hybridized carbons (Fsp3) is 0.0833. The van der Waals surface area contributed by atoms with E-state index in [0.29, 0.717) is 27.6 Å². The number of carbonyl (C=O) groups excluding carboxylic acids is 1. The van der Waals surface area contributed by atoms with Crippen molar-refractivity contribution in [2.45, 2.75) is 5.92 Å². The second kappa shape index (κ2) is 8.95. The van der Waals surface area contributed by atoms with Crippen LogP contribution in [0.3, 0.4) is 0 Å². The summed E-state index contributed by atoms with van der Waals surface area (Å²) in [5, 5.41) is 10.3. The van der Waals surface area contributed by atoms with E-state index < -0.39 is 11.9 Å². The van der Waals surface area contributed by atoms with Crippen molar-refractivity contribution in [3.63, 3.8) is 0 Å². The van der Waals surface area contributed by atoms with Gasteiger partial charge in [-0.25, -0.2) is 4.79 Å². The number of benzene rings is 3. The molecule has 0 bridgehead atoms. The van der Waals surface area contributed by atoms with E-state index in [1.54, 1.807) is 49.6 Å². The van der Waals surface area contributed by atoms with Crippen molar-refractivity contribution >= 4 is 33.5 Å². The summed E-state index contributed by atoms with van der Waals surface area (Å²) in [4.78, 5) is 12.5. The van der Waals surface area contributed by atoms with E-state index >= 15 is 0 Å². The first-order valence-corrected chi connectivity index (χ1v) is 10.6. The average Bonchev–Trinajstić information content (AvgIpc) is 2.78. The normalized spacial score (nSPS) is 14.8. The van der Waals surface area contributed by atoms with Gasteiger partial charge in [0.2, 0.25) is 5.88 Å². The molecule has 6 nitrogen and oxygen atoms in total. The summed E-state index contributed by atoms with van der Waals surface area (Å²) < 4.78 is 17.5. The molecule has 32 heavy (non-hydrogen) atoms. The van der Waals surface area contributed by atoms with Gasteiger partial charge in [0.15, 0.2) is 0 Å². The van der Waals surface area contributed by atoms with Gasteiger partial charge in [-0.1, -0.05) is 33.6 Å². The number of nitriles is 1. The first-order valence-electron chi connectivity index (χ1n) is 9.44. The molecule has 0 amide bonds. The van der Waals surface area contributed by atoms with Crippen LogP contribution in [0.4, 0.5) is 0 Å². The smallest absolute Gasteiger partial charge is 0.343 e. The molecule has 0 radical (unpaired) electrons. The number of carbonyl (C=O) groups is 1. The number of halogens is 2. The van der Waals surface area contributed by atoms with Gasteiger partial charge in [-0.3, -0.25) is 0 Å². The van der Waals surface area contributed by atoms with Gasteiger partial charge in [0, 0.05) is 26.7 Å². The second-order valence-corrected chi connectivity index (χ2v) is 8.26. The van der Waals surface area contributed by atoms with Gasteiger partial charge in [0.1, 0.15) is 28.9 Å². The largest absolute Gasteiger partial charge is 0.496 e. The average molecular weight is 512 g/mol. The van der Waals surface area contributed by atoms with Crippen molar-refractivity contribution in [1.82, 2.24) is 0 Å². The number of hydrogen-bond acceptors (Lipinski definition) is 6. The van der Waals surface area contributed by atoms with E-state index in [-0.39, 0.29) is 17.2 Å². The van der Waals surface area contributed by atoms with Crippen molar-refractivity contribution in [2.75, 3.05) is 7.11 Å². The highest BCUT2D eigenvalue weighted by molar-refractivity contribution is 9.10. The molecule has 0 fully saturated rings. The van der Waals surface area contributed by atoms with Crippen molar-refractivity contribution < 1.29 is 19.0 Å². The molecule has 4 rings (SSSR count). The van der Waals surface area contributed by atoms with Crippen LogP contribution in [0.5, 0.6) is 17.2 Å². The zero-order chi connectivity index (χ0) is 22.8. The van der Waals surface area contributed by atoms with Crippen molar-refractivity contribution in [3.8, 4) is 23.3 Å². The maximum absolute atomic E-state index is 12.5. The van der Waals surface area contributed by atoms with E-state index in [2.05, 4.69) is 22.0 Å². The van der Waals surface area contributed by atoms with E-state index in [1.165, 1.54) is 0 Å². The van der Waals surface area contributed by atoms with E-state index in [4.69, 9.17) is 31.5 Å². The molecule has 1 heterocycles. The summed E-state index contributed by atoms with van der Waals surface area (Å²) in [5.41, 5.74) is 8.14.